The molecule has 1 aromatic heterocycles. The highest BCUT2D eigenvalue weighted by atomic mass is 32.1. The predicted octanol–water partition coefficient (Wildman–Crippen LogP) is 1.56. The highest BCUT2D eigenvalue weighted by Gasteiger charge is 2.37. The zero-order chi connectivity index (χ0) is 14.0. The average molecular weight is 283 g/mol. The fourth-order valence-corrected chi connectivity index (χ4v) is 3.06. The fourth-order valence-electron chi connectivity index (χ4n) is 2.44. The van der Waals surface area contributed by atoms with Crippen LogP contribution in [0.1, 0.15) is 41.6 Å². The molecule has 19 heavy (non-hydrogen) atoms. The molecule has 1 aromatic rings. The van der Waals surface area contributed by atoms with E-state index in [4.69, 9.17) is 0 Å². The molecule has 6 nitrogen and oxygen atoms in total. The Morgan fingerprint density at radius 2 is 2.26 bits per heavy atom. The van der Waals surface area contributed by atoms with Gasteiger partial charge in [-0.15, -0.1) is 5.10 Å². The van der Waals surface area contributed by atoms with Crippen molar-refractivity contribution in [1.29, 1.82) is 0 Å². The van der Waals surface area contributed by atoms with Gasteiger partial charge in [0.1, 0.15) is 10.9 Å². The van der Waals surface area contributed by atoms with Crippen molar-refractivity contribution in [2.24, 2.45) is 5.92 Å². The molecule has 0 radical (unpaired) electrons. The van der Waals surface area contributed by atoms with E-state index < -0.39 is 12.0 Å². The molecule has 0 aromatic carbocycles. The monoisotopic (exact) mass is 283 g/mol. The van der Waals surface area contributed by atoms with Crippen LogP contribution in [0.3, 0.4) is 0 Å². The van der Waals surface area contributed by atoms with Crippen LogP contribution in [0.4, 0.5) is 0 Å². The zero-order valence-electron chi connectivity index (χ0n) is 11.0. The Hall–Kier alpha value is -1.50. The highest BCUT2D eigenvalue weighted by molar-refractivity contribution is 7.07. The number of aliphatic carboxylic acids is 1. The van der Waals surface area contributed by atoms with Crippen LogP contribution >= 0.6 is 11.5 Å². The van der Waals surface area contributed by atoms with Crippen molar-refractivity contribution in [1.82, 2.24) is 14.5 Å². The quantitative estimate of drug-likeness (QED) is 0.910. The number of carbonyl (C=O) groups excluding carboxylic acids is 1. The second-order valence-corrected chi connectivity index (χ2v) is 5.59. The summed E-state index contributed by atoms with van der Waals surface area (Å²) in [6, 6.07) is -0.729. The normalized spacial score (nSPS) is 23.4. The van der Waals surface area contributed by atoms with Crippen LogP contribution < -0.4 is 0 Å². The number of hydrogen-bond acceptors (Lipinski definition) is 5. The summed E-state index contributed by atoms with van der Waals surface area (Å²) in [6.07, 6.45) is 2.34. The summed E-state index contributed by atoms with van der Waals surface area (Å²) in [5, 5.41) is 13.1. The second kappa shape index (κ2) is 5.64. The lowest BCUT2D eigenvalue weighted by atomic mass is 9.88. The van der Waals surface area contributed by atoms with Gasteiger partial charge in [-0.25, -0.2) is 4.79 Å². The maximum absolute atomic E-state index is 12.4. The Labute approximate surface area is 115 Å². The zero-order valence-corrected chi connectivity index (χ0v) is 11.8. The molecule has 104 valence electrons. The van der Waals surface area contributed by atoms with Crippen LogP contribution in [-0.2, 0) is 4.79 Å². The Kier molecular flexibility index (Phi) is 4.14. The van der Waals surface area contributed by atoms with E-state index in [1.165, 1.54) is 4.90 Å². The third kappa shape index (κ3) is 2.75. The molecule has 2 rings (SSSR count). The van der Waals surface area contributed by atoms with E-state index >= 15 is 0 Å². The minimum atomic E-state index is -0.929. The number of carboxylic acids is 1. The number of carboxylic acid groups (broad SMARTS) is 1. The molecule has 1 saturated heterocycles. The van der Waals surface area contributed by atoms with E-state index in [0.717, 1.165) is 24.4 Å². The van der Waals surface area contributed by atoms with Crippen LogP contribution in [0.15, 0.2) is 0 Å². The second-order valence-electron chi connectivity index (χ2n) is 4.84. The minimum absolute atomic E-state index is 0.255. The van der Waals surface area contributed by atoms with Crippen molar-refractivity contribution < 1.29 is 14.7 Å². The van der Waals surface area contributed by atoms with Gasteiger partial charge < -0.3 is 10.0 Å². The SMILES string of the molecule is CCC1CCN(C(=O)c2snnc2C)C(C(=O)O)C1. The minimum Gasteiger partial charge on any atom is -0.480 e. The maximum atomic E-state index is 12.4. The van der Waals surface area contributed by atoms with Gasteiger partial charge in [-0.1, -0.05) is 17.8 Å². The Bertz CT molecular complexity index is 488. The maximum Gasteiger partial charge on any atom is 0.326 e. The molecule has 0 aliphatic carbocycles. The summed E-state index contributed by atoms with van der Waals surface area (Å²) in [5.41, 5.74) is 0.566. The first kappa shape index (κ1) is 13.9. The summed E-state index contributed by atoms with van der Waals surface area (Å²) < 4.78 is 3.74. The predicted molar refractivity (Wildman–Crippen MR) is 70.1 cm³/mol. The number of amides is 1. The number of hydrogen-bond donors (Lipinski definition) is 1. The summed E-state index contributed by atoms with van der Waals surface area (Å²) >= 11 is 1.03. The van der Waals surface area contributed by atoms with E-state index in [0.29, 0.717) is 29.5 Å². The number of likely N-dealkylation sites (tertiary alicyclic amines) is 1. The van der Waals surface area contributed by atoms with Gasteiger partial charge in [-0.05, 0) is 37.2 Å². The van der Waals surface area contributed by atoms with Gasteiger partial charge in [-0.2, -0.15) is 0 Å². The lowest BCUT2D eigenvalue weighted by molar-refractivity contribution is -0.144. The first-order chi connectivity index (χ1) is 9.04. The number of aromatic nitrogens is 2. The lowest BCUT2D eigenvalue weighted by Gasteiger charge is -2.36. The van der Waals surface area contributed by atoms with Crippen LogP contribution in [0.5, 0.6) is 0 Å². The standard InChI is InChI=1S/C12H17N3O3S/c1-3-8-4-5-15(9(6-8)12(17)18)11(16)10-7(2)13-14-19-10/h8-9H,3-6H2,1-2H3,(H,17,18). The van der Waals surface area contributed by atoms with E-state index in [1.54, 1.807) is 6.92 Å². The first-order valence-corrected chi connectivity index (χ1v) is 7.14. The number of piperidine rings is 1. The molecule has 1 aliphatic rings. The third-order valence-electron chi connectivity index (χ3n) is 3.68. The number of aryl methyl sites for hydroxylation is 1. The molecular weight excluding hydrogens is 266 g/mol. The number of carbonyl (C=O) groups is 2. The molecule has 0 spiro atoms. The topological polar surface area (TPSA) is 83.4 Å². The van der Waals surface area contributed by atoms with E-state index in [2.05, 4.69) is 16.5 Å². The van der Waals surface area contributed by atoms with Gasteiger partial charge in [-0.3, -0.25) is 4.79 Å². The molecular formula is C12H17N3O3S. The summed E-state index contributed by atoms with van der Waals surface area (Å²) in [4.78, 5) is 25.6. The summed E-state index contributed by atoms with van der Waals surface area (Å²) in [6.45, 7) is 4.26. The van der Waals surface area contributed by atoms with Crippen molar-refractivity contribution in [2.75, 3.05) is 6.54 Å². The van der Waals surface area contributed by atoms with Crippen molar-refractivity contribution in [3.05, 3.63) is 10.6 Å². The third-order valence-corrected chi connectivity index (χ3v) is 4.50. The van der Waals surface area contributed by atoms with Gasteiger partial charge in [0.15, 0.2) is 0 Å². The Morgan fingerprint density at radius 3 is 2.79 bits per heavy atom. The highest BCUT2D eigenvalue weighted by Crippen LogP contribution is 2.27. The molecule has 2 heterocycles. The van der Waals surface area contributed by atoms with E-state index in [-0.39, 0.29) is 5.91 Å². The van der Waals surface area contributed by atoms with Gasteiger partial charge >= 0.3 is 5.97 Å². The first-order valence-electron chi connectivity index (χ1n) is 6.37. The van der Waals surface area contributed by atoms with Gasteiger partial charge in [0.2, 0.25) is 0 Å². The number of rotatable bonds is 3. The Morgan fingerprint density at radius 1 is 1.53 bits per heavy atom. The van der Waals surface area contributed by atoms with Gasteiger partial charge in [0.05, 0.1) is 5.69 Å². The summed E-state index contributed by atoms with van der Waals surface area (Å²) in [7, 11) is 0. The smallest absolute Gasteiger partial charge is 0.326 e. The molecule has 2 unspecified atom stereocenters. The molecule has 0 bridgehead atoms. The largest absolute Gasteiger partial charge is 0.480 e. The molecule has 1 fully saturated rings. The average Bonchev–Trinajstić information content (AvgIpc) is 2.83. The number of nitrogens with zero attached hydrogens (tertiary/aromatic N) is 3. The van der Waals surface area contributed by atoms with Crippen LogP contribution in [0.2, 0.25) is 0 Å². The fraction of sp³-hybridized carbons (Fsp3) is 0.667. The van der Waals surface area contributed by atoms with E-state index in [9.17, 15) is 14.7 Å². The summed E-state index contributed by atoms with van der Waals surface area (Å²) in [5.74, 6) is -0.804. The molecule has 1 amide bonds. The van der Waals surface area contributed by atoms with Gasteiger partial charge in [0.25, 0.3) is 5.91 Å². The van der Waals surface area contributed by atoms with Crippen LogP contribution in [0.25, 0.3) is 0 Å². The molecule has 7 heteroatoms. The van der Waals surface area contributed by atoms with Crippen molar-refractivity contribution in [2.45, 2.75) is 39.2 Å². The van der Waals surface area contributed by atoms with Crippen molar-refractivity contribution >= 4 is 23.4 Å². The molecule has 1 N–H and O–H groups in total. The molecule has 2 atom stereocenters. The van der Waals surface area contributed by atoms with Gasteiger partial charge in [0, 0.05) is 6.54 Å². The Balaban J connectivity index is 2.20. The lowest BCUT2D eigenvalue weighted by Crippen LogP contribution is -2.50. The van der Waals surface area contributed by atoms with Crippen molar-refractivity contribution in [3.63, 3.8) is 0 Å². The van der Waals surface area contributed by atoms with Crippen LogP contribution in [-0.4, -0.2) is 44.1 Å². The molecule has 1 aliphatic heterocycles. The van der Waals surface area contributed by atoms with Crippen molar-refractivity contribution in [3.8, 4) is 0 Å². The van der Waals surface area contributed by atoms with E-state index in [1.807, 2.05) is 0 Å². The molecule has 0 saturated carbocycles. The van der Waals surface area contributed by atoms with Crippen LogP contribution in [0, 0.1) is 12.8 Å².